The van der Waals surface area contributed by atoms with Crippen LogP contribution in [0.5, 0.6) is 0 Å². The second-order valence-corrected chi connectivity index (χ2v) is 10.4. The molecule has 37 heavy (non-hydrogen) atoms. The van der Waals surface area contributed by atoms with Crippen molar-refractivity contribution in [3.05, 3.63) is 70.2 Å². The Balaban J connectivity index is 1.35. The monoisotopic (exact) mass is 525 g/mol. The number of rotatable bonds is 5. The van der Waals surface area contributed by atoms with Crippen LogP contribution in [0.2, 0.25) is 5.02 Å². The molecule has 2 aromatic carbocycles. The van der Waals surface area contributed by atoms with E-state index in [1.807, 2.05) is 19.1 Å². The van der Waals surface area contributed by atoms with Crippen molar-refractivity contribution in [1.29, 1.82) is 0 Å². The molecule has 9 heteroatoms. The van der Waals surface area contributed by atoms with Gasteiger partial charge in [0.1, 0.15) is 11.8 Å². The number of nitrogens with zero attached hydrogens (tertiary/aromatic N) is 2. The highest BCUT2D eigenvalue weighted by molar-refractivity contribution is 6.33. The van der Waals surface area contributed by atoms with Gasteiger partial charge >= 0.3 is 0 Å². The molecule has 3 fully saturated rings. The normalized spacial score (nSPS) is 22.9. The summed E-state index contributed by atoms with van der Waals surface area (Å²) in [4.78, 5) is 43.6. The predicted octanol–water partition coefficient (Wildman–Crippen LogP) is 3.42. The summed E-state index contributed by atoms with van der Waals surface area (Å²) < 4.78 is 11.9. The SMILES string of the molecule is Cc1ccc(C(=O)N2[C@H](C(=O)NC[C@@H]3CCCO3)COC23CCN(C(=O)c2ccccc2Cl)CC3)cc1. The lowest BCUT2D eigenvalue weighted by Gasteiger charge is -2.44. The molecule has 0 aliphatic carbocycles. The second kappa shape index (κ2) is 10.8. The molecule has 0 saturated carbocycles. The zero-order chi connectivity index (χ0) is 26.0. The summed E-state index contributed by atoms with van der Waals surface area (Å²) in [6.45, 7) is 3.94. The lowest BCUT2D eigenvalue weighted by atomic mass is 9.96. The van der Waals surface area contributed by atoms with E-state index in [2.05, 4.69) is 5.32 Å². The maximum absolute atomic E-state index is 13.8. The molecule has 3 saturated heterocycles. The number of likely N-dealkylation sites (tertiary alicyclic amines) is 1. The Labute approximate surface area is 221 Å². The largest absolute Gasteiger partial charge is 0.376 e. The molecule has 0 unspecified atom stereocenters. The highest BCUT2D eigenvalue weighted by Gasteiger charge is 2.54. The topological polar surface area (TPSA) is 88.2 Å². The van der Waals surface area contributed by atoms with E-state index >= 15 is 0 Å². The van der Waals surface area contributed by atoms with E-state index in [0.29, 0.717) is 55.2 Å². The minimum absolute atomic E-state index is 0.000503. The summed E-state index contributed by atoms with van der Waals surface area (Å²) in [6, 6.07) is 13.5. The zero-order valence-electron chi connectivity index (χ0n) is 21.0. The molecule has 8 nitrogen and oxygen atoms in total. The highest BCUT2D eigenvalue weighted by Crippen LogP contribution is 2.39. The van der Waals surface area contributed by atoms with Crippen LogP contribution in [0.15, 0.2) is 48.5 Å². The van der Waals surface area contributed by atoms with Gasteiger partial charge in [0.2, 0.25) is 5.91 Å². The summed E-state index contributed by atoms with van der Waals surface area (Å²) in [5.41, 5.74) is 1.03. The van der Waals surface area contributed by atoms with Crippen LogP contribution in [0.25, 0.3) is 0 Å². The van der Waals surface area contributed by atoms with Crippen LogP contribution in [-0.2, 0) is 14.3 Å². The number of carbonyl (C=O) groups excluding carboxylic acids is 3. The van der Waals surface area contributed by atoms with Crippen molar-refractivity contribution in [2.24, 2.45) is 0 Å². The van der Waals surface area contributed by atoms with Gasteiger partial charge in [0.15, 0.2) is 0 Å². The van der Waals surface area contributed by atoms with E-state index in [-0.39, 0.29) is 30.4 Å². The van der Waals surface area contributed by atoms with Crippen LogP contribution in [-0.4, -0.2) is 78.2 Å². The molecule has 3 heterocycles. The molecular weight excluding hydrogens is 494 g/mol. The van der Waals surface area contributed by atoms with Crippen molar-refractivity contribution in [3.8, 4) is 0 Å². The van der Waals surface area contributed by atoms with Crippen molar-refractivity contribution >= 4 is 29.3 Å². The Kier molecular flexibility index (Phi) is 7.51. The smallest absolute Gasteiger partial charge is 0.256 e. The first-order valence-electron chi connectivity index (χ1n) is 12.9. The molecule has 3 aliphatic heterocycles. The Bertz CT molecular complexity index is 1160. The van der Waals surface area contributed by atoms with Crippen LogP contribution < -0.4 is 5.32 Å². The molecule has 5 rings (SSSR count). The third-order valence-electron chi connectivity index (χ3n) is 7.54. The predicted molar refractivity (Wildman–Crippen MR) is 138 cm³/mol. The first-order chi connectivity index (χ1) is 17.9. The van der Waals surface area contributed by atoms with E-state index < -0.39 is 11.8 Å². The number of piperidine rings is 1. The molecule has 196 valence electrons. The van der Waals surface area contributed by atoms with Crippen LogP contribution in [0.1, 0.15) is 52.0 Å². The third kappa shape index (κ3) is 5.23. The van der Waals surface area contributed by atoms with Gasteiger partial charge in [0.25, 0.3) is 11.8 Å². The number of carbonyl (C=O) groups is 3. The summed E-state index contributed by atoms with van der Waals surface area (Å²) in [7, 11) is 0. The van der Waals surface area contributed by atoms with Gasteiger partial charge in [-0.1, -0.05) is 41.4 Å². The maximum Gasteiger partial charge on any atom is 0.256 e. The van der Waals surface area contributed by atoms with Crippen LogP contribution in [0, 0.1) is 6.92 Å². The molecular formula is C28H32ClN3O5. The number of amides is 3. The van der Waals surface area contributed by atoms with Gasteiger partial charge in [0, 0.05) is 44.6 Å². The Morgan fingerprint density at radius 3 is 2.46 bits per heavy atom. The fourth-order valence-electron chi connectivity index (χ4n) is 5.40. The minimum Gasteiger partial charge on any atom is -0.376 e. The number of nitrogens with one attached hydrogen (secondary N) is 1. The fourth-order valence-corrected chi connectivity index (χ4v) is 5.62. The van der Waals surface area contributed by atoms with Crippen LogP contribution >= 0.6 is 11.6 Å². The lowest BCUT2D eigenvalue weighted by Crippen LogP contribution is -2.60. The van der Waals surface area contributed by atoms with Crippen LogP contribution in [0.3, 0.4) is 0 Å². The summed E-state index contributed by atoms with van der Waals surface area (Å²) in [6.07, 6.45) is 2.69. The number of hydrogen-bond donors (Lipinski definition) is 1. The number of benzene rings is 2. The molecule has 0 radical (unpaired) electrons. The van der Waals surface area contributed by atoms with Crippen molar-refractivity contribution in [3.63, 3.8) is 0 Å². The number of hydrogen-bond acceptors (Lipinski definition) is 5. The Hall–Kier alpha value is -2.94. The van der Waals surface area contributed by atoms with E-state index in [4.69, 9.17) is 21.1 Å². The van der Waals surface area contributed by atoms with Crippen LogP contribution in [0.4, 0.5) is 0 Å². The van der Waals surface area contributed by atoms with Crippen molar-refractivity contribution in [2.75, 3.05) is 32.8 Å². The Morgan fingerprint density at radius 2 is 1.78 bits per heavy atom. The molecule has 2 aromatic rings. The molecule has 1 N–H and O–H groups in total. The molecule has 3 amide bonds. The second-order valence-electron chi connectivity index (χ2n) is 9.97. The molecule has 3 aliphatic rings. The minimum atomic E-state index is -0.967. The standard InChI is InChI=1S/C28H32ClN3O5/c1-19-8-10-20(11-9-19)26(34)32-24(25(33)30-17-21-5-4-16-36-21)18-37-28(32)12-14-31(15-13-28)27(35)22-6-2-3-7-23(22)29/h2-3,6-11,21,24H,4-5,12-18H2,1H3,(H,30,33)/t21-,24-/m0/s1. The first-order valence-corrected chi connectivity index (χ1v) is 13.2. The summed E-state index contributed by atoms with van der Waals surface area (Å²) >= 11 is 6.25. The van der Waals surface area contributed by atoms with E-state index in [1.165, 1.54) is 0 Å². The fraction of sp³-hybridized carbons (Fsp3) is 0.464. The number of ether oxygens (including phenoxy) is 2. The van der Waals surface area contributed by atoms with Gasteiger partial charge < -0.3 is 19.7 Å². The van der Waals surface area contributed by atoms with Gasteiger partial charge in [-0.3, -0.25) is 19.3 Å². The highest BCUT2D eigenvalue weighted by atomic mass is 35.5. The van der Waals surface area contributed by atoms with Gasteiger partial charge in [-0.25, -0.2) is 0 Å². The van der Waals surface area contributed by atoms with Gasteiger partial charge in [-0.2, -0.15) is 0 Å². The average molecular weight is 526 g/mol. The van der Waals surface area contributed by atoms with Crippen molar-refractivity contribution in [2.45, 2.75) is 50.5 Å². The van der Waals surface area contributed by atoms with Crippen molar-refractivity contribution < 1.29 is 23.9 Å². The quantitative estimate of drug-likeness (QED) is 0.646. The number of aryl methyl sites for hydroxylation is 1. The third-order valence-corrected chi connectivity index (χ3v) is 7.87. The van der Waals surface area contributed by atoms with Gasteiger partial charge in [0.05, 0.1) is 23.3 Å². The molecule has 2 atom stereocenters. The zero-order valence-corrected chi connectivity index (χ0v) is 21.7. The maximum atomic E-state index is 13.8. The molecule has 0 bridgehead atoms. The van der Waals surface area contributed by atoms with E-state index in [1.54, 1.807) is 46.2 Å². The molecule has 0 aromatic heterocycles. The summed E-state index contributed by atoms with van der Waals surface area (Å²) in [5.74, 6) is -0.649. The average Bonchev–Trinajstić information content (AvgIpc) is 3.56. The Morgan fingerprint density at radius 1 is 1.05 bits per heavy atom. The molecule has 1 spiro atoms. The summed E-state index contributed by atoms with van der Waals surface area (Å²) in [5, 5.41) is 3.38. The van der Waals surface area contributed by atoms with E-state index in [9.17, 15) is 14.4 Å². The van der Waals surface area contributed by atoms with Crippen molar-refractivity contribution in [1.82, 2.24) is 15.1 Å². The van der Waals surface area contributed by atoms with E-state index in [0.717, 1.165) is 18.4 Å². The lowest BCUT2D eigenvalue weighted by molar-refractivity contribution is -0.128. The first kappa shape index (κ1) is 25.7. The van der Waals surface area contributed by atoms with Gasteiger partial charge in [-0.15, -0.1) is 0 Å². The number of halogens is 1. The van der Waals surface area contributed by atoms with Gasteiger partial charge in [-0.05, 0) is 44.0 Å².